The summed E-state index contributed by atoms with van der Waals surface area (Å²) in [7, 11) is 1.47. The molecule has 11 bridgehead atoms. The zero-order valence-electron chi connectivity index (χ0n) is 56.9. The molecule has 5 aromatic carbocycles. The van der Waals surface area contributed by atoms with E-state index in [4.69, 9.17) is 63.1 Å². The molecule has 7 aliphatic rings. The van der Waals surface area contributed by atoms with Crippen molar-refractivity contribution in [2.45, 2.75) is 156 Å². The second kappa shape index (κ2) is 32.8. The summed E-state index contributed by atoms with van der Waals surface area (Å²) in [4.78, 5) is 117. The molecule has 6 aromatic rings. The molecule has 2 saturated heterocycles. The molecular formula is C68H78Cl2N12O24. The Bertz CT molecular complexity index is 4290. The van der Waals surface area contributed by atoms with Gasteiger partial charge in [-0.1, -0.05) is 55.2 Å². The molecule has 18 atom stereocenters. The van der Waals surface area contributed by atoms with E-state index in [2.05, 4.69) is 52.6 Å². The number of nitrogens with zero attached hydrogens (tertiary/aromatic N) is 2. The van der Waals surface area contributed by atoms with Gasteiger partial charge < -0.3 is 128 Å². The number of carboxylic acid groups (broad SMARTS) is 1. The van der Waals surface area contributed by atoms with Crippen LogP contribution in [-0.2, 0) is 52.6 Å². The molecule has 8 heterocycles. The number of halogens is 2. The van der Waals surface area contributed by atoms with E-state index >= 15 is 14.4 Å². The SMILES string of the molecule is CN[C@H](CC(C)C)C(=O)N[C@H]1C(=O)N[C@@H](CC(N)=O)C(=O)N[C@H]2C(=O)N[C@H]3C(=O)N[C@H](C(=O)N[C@@H](C(=O)O)c4cc(O)cc(O)c4-c4cc3ccc4O)[C@H](O)c3ccc(c(Cl)c3)Oc3cc2cc(c3O[C@@H]2O[C@H](CO)[C@@H](O)[C@H](O)[C@H]2O[C@H]2C[C@](C)(N)C(O)[C@H](C)O2)Oc2ccc(cc2Cl)[C@H]1O.c1cn[nH]n1. The fourth-order valence-electron chi connectivity index (χ4n) is 12.7. The fraction of sp³-hybridized carbons (Fsp3) is 0.412. The molecule has 13 rings (SSSR count). The minimum Gasteiger partial charge on any atom is -0.508 e. The lowest BCUT2D eigenvalue weighted by molar-refractivity contribution is -0.333. The Morgan fingerprint density at radius 1 is 0.717 bits per heavy atom. The number of aromatic hydroxyl groups is 3. The number of nitrogens with one attached hydrogen (secondary N) is 8. The van der Waals surface area contributed by atoms with Gasteiger partial charge in [0.25, 0.3) is 0 Å². The number of aromatic amines is 1. The highest BCUT2D eigenvalue weighted by molar-refractivity contribution is 6.32. The minimum absolute atomic E-state index is 0.0975. The number of amides is 7. The third-order valence-corrected chi connectivity index (χ3v) is 18.7. The third-order valence-electron chi connectivity index (χ3n) is 18.1. The Morgan fingerprint density at radius 2 is 1.32 bits per heavy atom. The Labute approximate surface area is 611 Å². The lowest BCUT2D eigenvalue weighted by Crippen LogP contribution is -2.64. The van der Waals surface area contributed by atoms with Crippen molar-refractivity contribution in [3.05, 3.63) is 129 Å². The predicted molar refractivity (Wildman–Crippen MR) is 366 cm³/mol. The number of aromatic nitrogens is 3. The highest BCUT2D eigenvalue weighted by Crippen LogP contribution is 2.50. The Kier molecular flexibility index (Phi) is 24.3. The number of benzene rings is 5. The van der Waals surface area contributed by atoms with Crippen molar-refractivity contribution in [1.29, 1.82) is 0 Å². The number of phenols is 3. The van der Waals surface area contributed by atoms with Crippen LogP contribution >= 0.6 is 23.2 Å². The average Bonchev–Trinajstić information content (AvgIpc) is 0.796. The van der Waals surface area contributed by atoms with Gasteiger partial charge in [0.1, 0.15) is 89.5 Å². The van der Waals surface area contributed by atoms with E-state index in [9.17, 15) is 75.0 Å². The van der Waals surface area contributed by atoms with Crippen LogP contribution in [0.5, 0.6) is 46.0 Å². The van der Waals surface area contributed by atoms with Gasteiger partial charge in [-0.15, -0.1) is 0 Å². The first kappa shape index (κ1) is 78.5. The zero-order chi connectivity index (χ0) is 77.1. The molecule has 0 saturated carbocycles. The van der Waals surface area contributed by atoms with Crippen LogP contribution < -0.4 is 62.9 Å². The number of ether oxygens (including phenoxy) is 6. The largest absolute Gasteiger partial charge is 0.508 e. The summed E-state index contributed by atoms with van der Waals surface area (Å²) in [6.07, 6.45) is -15.4. The number of aliphatic hydroxyl groups is 6. The molecule has 7 aliphatic heterocycles. The van der Waals surface area contributed by atoms with Crippen molar-refractivity contribution in [1.82, 2.24) is 52.6 Å². The Balaban J connectivity index is 0.00000231. The minimum atomic E-state index is -2.35. The van der Waals surface area contributed by atoms with E-state index in [1.807, 2.05) is 13.8 Å². The fourth-order valence-corrected chi connectivity index (χ4v) is 13.1. The normalized spacial score (nSPS) is 28.4. The topological polar surface area (TPSA) is 572 Å². The smallest absolute Gasteiger partial charge is 0.330 e. The number of fused-ring (bicyclic) bond motifs is 15. The first-order chi connectivity index (χ1) is 50.2. The summed E-state index contributed by atoms with van der Waals surface area (Å²) in [5.41, 5.74) is 8.00. The van der Waals surface area contributed by atoms with Crippen LogP contribution in [0, 0.1) is 5.92 Å². The second-order valence-corrected chi connectivity index (χ2v) is 27.2. The number of hydrogen-bond acceptors (Lipinski definition) is 27. The molecule has 0 spiro atoms. The summed E-state index contributed by atoms with van der Waals surface area (Å²) >= 11 is 14.1. The molecule has 2 fully saturated rings. The number of nitrogens with two attached hydrogens (primary N) is 2. The van der Waals surface area contributed by atoms with Gasteiger partial charge in [0, 0.05) is 34.7 Å². The summed E-state index contributed by atoms with van der Waals surface area (Å²) in [6, 6.07) is -0.679. The van der Waals surface area contributed by atoms with E-state index < -0.39 is 237 Å². The molecule has 0 aliphatic carbocycles. The maximum Gasteiger partial charge on any atom is 0.330 e. The summed E-state index contributed by atoms with van der Waals surface area (Å²) < 4.78 is 38.3. The van der Waals surface area contributed by atoms with E-state index in [0.29, 0.717) is 0 Å². The van der Waals surface area contributed by atoms with Crippen LogP contribution in [0.2, 0.25) is 10.0 Å². The van der Waals surface area contributed by atoms with Gasteiger partial charge in [0.05, 0.1) is 53.7 Å². The number of likely N-dealkylation sites (N-methyl/N-ethyl adjacent to an activating group) is 1. The van der Waals surface area contributed by atoms with Crippen molar-refractivity contribution in [3.8, 4) is 57.1 Å². The summed E-state index contributed by atoms with van der Waals surface area (Å²) in [5, 5.41) is 140. The van der Waals surface area contributed by atoms with Crippen molar-refractivity contribution in [2.75, 3.05) is 13.7 Å². The number of H-pyrrole nitrogens is 1. The second-order valence-electron chi connectivity index (χ2n) is 26.4. The number of hydrogen-bond donors (Lipinski definition) is 20. The lowest BCUT2D eigenvalue weighted by atomic mass is 9.86. The maximum absolute atomic E-state index is 16.0. The molecule has 22 N–H and O–H groups in total. The van der Waals surface area contributed by atoms with Gasteiger partial charge in [-0.25, -0.2) is 4.79 Å². The molecule has 7 amide bonds. The van der Waals surface area contributed by atoms with E-state index in [-0.39, 0.29) is 46.2 Å². The Hall–Kier alpha value is -10.1. The molecular weight excluding hydrogens is 1440 g/mol. The van der Waals surface area contributed by atoms with Gasteiger partial charge in [-0.3, -0.25) is 33.6 Å². The highest BCUT2D eigenvalue weighted by atomic mass is 35.5. The third kappa shape index (κ3) is 17.2. The van der Waals surface area contributed by atoms with Gasteiger partial charge >= 0.3 is 5.97 Å². The van der Waals surface area contributed by atoms with Crippen LogP contribution in [0.15, 0.2) is 91.3 Å². The number of aliphatic hydroxyl groups excluding tert-OH is 6. The van der Waals surface area contributed by atoms with Gasteiger partial charge in [-0.05, 0) is 110 Å². The molecule has 1 unspecified atom stereocenters. The van der Waals surface area contributed by atoms with E-state index in [0.717, 1.165) is 66.7 Å². The van der Waals surface area contributed by atoms with Crippen molar-refractivity contribution in [3.63, 3.8) is 0 Å². The number of carboxylic acids is 1. The Morgan fingerprint density at radius 3 is 1.89 bits per heavy atom. The van der Waals surface area contributed by atoms with Crippen LogP contribution in [0.1, 0.15) is 105 Å². The molecule has 36 nitrogen and oxygen atoms in total. The number of rotatable bonds is 13. The van der Waals surface area contributed by atoms with Gasteiger partial charge in [0.2, 0.25) is 53.4 Å². The number of carbonyl (C=O) groups excluding carboxylic acids is 7. The number of carbonyl (C=O) groups is 8. The van der Waals surface area contributed by atoms with E-state index in [1.54, 1.807) is 12.4 Å². The molecule has 106 heavy (non-hydrogen) atoms. The van der Waals surface area contributed by atoms with Gasteiger partial charge in [0.15, 0.2) is 29.9 Å². The van der Waals surface area contributed by atoms with E-state index in [1.165, 1.54) is 33.0 Å². The van der Waals surface area contributed by atoms with Crippen LogP contribution in [0.3, 0.4) is 0 Å². The quantitative estimate of drug-likeness (QED) is 0.0718. The monoisotopic (exact) mass is 1520 g/mol. The highest BCUT2D eigenvalue weighted by Gasteiger charge is 2.51. The van der Waals surface area contributed by atoms with Crippen LogP contribution in [0.4, 0.5) is 0 Å². The average molecular weight is 1520 g/mol. The van der Waals surface area contributed by atoms with Crippen molar-refractivity contribution in [2.24, 2.45) is 17.4 Å². The van der Waals surface area contributed by atoms with Crippen molar-refractivity contribution >= 4 is 70.5 Å². The standard InChI is InChI=1S/C66H75Cl2N9O24.C2H3N3/c1-23(2)12-34(71-5)58(88)76-49-51(83)26-7-10-38(32(67)14-26)97-40-16-28-17-41(55(40)101-65-56(54(86)53(85)42(22-78)99-65)100-44-21-66(4,70)57(87)24(3)96-44)98-39-11-8-27(15-33(39)68)52(84)50-63(93)75-48(64(94)95)31-18-29(79)19-37(81)45(31)30-13-25(6-9-36(30)80)46(60(90)77-50)74-61(91)47(28)73-59(89)35(20-43(69)82)72-62(49)92;1-2-4-5-3-1/h6-11,13-19,23-24,34-35,42,44,46-54,56-57,65,71,78-81,83-87H,12,20-22,70H2,1-5H3,(H2,69,82)(H,72,92)(H,73,89)(H,74,91)(H,75,93)(H,76,88)(H,77,90)(H,94,95);1-2H,(H,3,4,5)/t24-,34+,35-,42+,44-,46+,47+,48+,49+,50-,51+,52+,53+,54-,56+,57?,65-,66-;/m0./s1. The molecule has 0 radical (unpaired) electrons. The van der Waals surface area contributed by atoms with Crippen LogP contribution in [-0.4, -0.2) is 206 Å². The maximum atomic E-state index is 16.0. The van der Waals surface area contributed by atoms with Crippen molar-refractivity contribution < 1.29 is 118 Å². The molecule has 1 aromatic heterocycles. The molecule has 38 heteroatoms. The first-order valence-corrected chi connectivity index (χ1v) is 33.7. The number of aliphatic carboxylic acids is 1. The summed E-state index contributed by atoms with van der Waals surface area (Å²) in [5.74, 6) is -16.0. The number of primary amides is 1. The van der Waals surface area contributed by atoms with Gasteiger partial charge in [-0.2, -0.15) is 15.4 Å². The van der Waals surface area contributed by atoms with Crippen LogP contribution in [0.25, 0.3) is 11.1 Å². The number of phenolic OH excluding ortho intramolecular Hbond substituents is 3. The zero-order valence-corrected chi connectivity index (χ0v) is 58.4. The lowest BCUT2D eigenvalue weighted by Gasteiger charge is -2.47. The first-order valence-electron chi connectivity index (χ1n) is 32.9. The molecule has 568 valence electrons. The summed E-state index contributed by atoms with van der Waals surface area (Å²) in [6.45, 7) is 5.66. The predicted octanol–water partition coefficient (Wildman–Crippen LogP) is -0.0891.